The number of carboxylic acids is 1. The Morgan fingerprint density at radius 2 is 2.00 bits per heavy atom. The minimum atomic E-state index is -0.742. The molecule has 5 nitrogen and oxygen atoms in total. The normalized spacial score (nSPS) is 17.6. The summed E-state index contributed by atoms with van der Waals surface area (Å²) >= 11 is 0. The second-order valence-electron chi connectivity index (χ2n) is 7.52. The molecule has 1 aromatic heterocycles. The van der Waals surface area contributed by atoms with E-state index in [1.165, 1.54) is 11.1 Å². The molecule has 1 fully saturated rings. The second-order valence-corrected chi connectivity index (χ2v) is 7.52. The molecule has 1 aliphatic rings. The number of hydrogen-bond acceptors (Lipinski definition) is 4. The number of aliphatic carboxylic acids is 1. The lowest BCUT2D eigenvalue weighted by molar-refractivity contribution is -0.138. The topological polar surface area (TPSA) is 71.5 Å². The van der Waals surface area contributed by atoms with Crippen LogP contribution in [0.15, 0.2) is 60.8 Å². The number of carboxylic acid groups (broad SMARTS) is 1. The Balaban J connectivity index is 1.49. The van der Waals surface area contributed by atoms with E-state index in [-0.39, 0.29) is 11.8 Å². The van der Waals surface area contributed by atoms with Gasteiger partial charge in [-0.25, -0.2) is 4.98 Å². The number of nitrogens with one attached hydrogen (secondary N) is 1. The smallest absolute Gasteiger partial charge is 0.307 e. The van der Waals surface area contributed by atoms with Gasteiger partial charge in [-0.2, -0.15) is 0 Å². The number of pyridine rings is 1. The zero-order valence-corrected chi connectivity index (χ0v) is 16.6. The van der Waals surface area contributed by atoms with Crippen molar-refractivity contribution in [2.75, 3.05) is 12.4 Å². The van der Waals surface area contributed by atoms with Gasteiger partial charge in [0.1, 0.15) is 11.6 Å². The predicted octanol–water partition coefficient (Wildman–Crippen LogP) is 4.87. The van der Waals surface area contributed by atoms with Crippen LogP contribution in [-0.2, 0) is 11.3 Å². The van der Waals surface area contributed by atoms with Crippen molar-refractivity contribution in [3.63, 3.8) is 0 Å². The van der Waals surface area contributed by atoms with Crippen LogP contribution in [0.4, 0.5) is 5.82 Å². The molecule has 0 bridgehead atoms. The maximum Gasteiger partial charge on any atom is 0.307 e. The molecule has 2 N–H and O–H groups in total. The van der Waals surface area contributed by atoms with Crippen LogP contribution in [0.25, 0.3) is 11.1 Å². The Hall–Kier alpha value is -3.34. The maximum atomic E-state index is 11.3. The summed E-state index contributed by atoms with van der Waals surface area (Å²) in [7, 11) is 1.62. The first kappa shape index (κ1) is 19.0. The molecular formula is C24H24N2O3. The van der Waals surface area contributed by atoms with Crippen molar-refractivity contribution in [1.82, 2.24) is 4.98 Å². The quantitative estimate of drug-likeness (QED) is 0.604. The summed E-state index contributed by atoms with van der Waals surface area (Å²) in [6.07, 6.45) is 2.50. The van der Waals surface area contributed by atoms with Crippen LogP contribution in [0.1, 0.15) is 29.0 Å². The Labute approximate surface area is 170 Å². The molecule has 0 saturated heterocycles. The van der Waals surface area contributed by atoms with Crippen LogP contribution in [0.2, 0.25) is 0 Å². The molecule has 29 heavy (non-hydrogen) atoms. The van der Waals surface area contributed by atoms with E-state index >= 15 is 0 Å². The average Bonchev–Trinajstić information content (AvgIpc) is 3.53. The second kappa shape index (κ2) is 7.95. The fourth-order valence-electron chi connectivity index (χ4n) is 3.70. The minimum absolute atomic E-state index is 0.0191. The Kier molecular flexibility index (Phi) is 5.21. The molecule has 0 aliphatic heterocycles. The molecule has 0 radical (unpaired) electrons. The highest BCUT2D eigenvalue weighted by molar-refractivity contribution is 5.76. The summed E-state index contributed by atoms with van der Waals surface area (Å²) in [4.78, 5) is 15.8. The molecule has 4 rings (SSSR count). The number of nitrogens with zero attached hydrogens (tertiary/aromatic N) is 1. The first-order valence-electron chi connectivity index (χ1n) is 9.71. The van der Waals surface area contributed by atoms with Gasteiger partial charge in [-0.15, -0.1) is 0 Å². The fraction of sp³-hybridized carbons (Fsp3) is 0.250. The van der Waals surface area contributed by atoms with Gasteiger partial charge >= 0.3 is 5.97 Å². The van der Waals surface area contributed by atoms with E-state index in [9.17, 15) is 9.90 Å². The van der Waals surface area contributed by atoms with Crippen molar-refractivity contribution in [2.45, 2.75) is 25.8 Å². The SMILES string of the molecule is COc1ccc(-c2ccc(NCc3cccc(C)c3)nc2)cc1[C@H]1C[C@@H]1C(=O)O. The number of aromatic nitrogens is 1. The molecule has 0 spiro atoms. The Morgan fingerprint density at radius 1 is 1.17 bits per heavy atom. The van der Waals surface area contributed by atoms with Crippen LogP contribution in [0.5, 0.6) is 5.75 Å². The van der Waals surface area contributed by atoms with Crippen molar-refractivity contribution >= 4 is 11.8 Å². The van der Waals surface area contributed by atoms with Gasteiger partial charge < -0.3 is 15.2 Å². The third-order valence-electron chi connectivity index (χ3n) is 5.39. The van der Waals surface area contributed by atoms with Gasteiger partial charge in [0.2, 0.25) is 0 Å². The highest BCUT2D eigenvalue weighted by Gasteiger charge is 2.45. The molecule has 0 amide bonds. The zero-order valence-electron chi connectivity index (χ0n) is 16.6. The molecule has 1 saturated carbocycles. The number of ether oxygens (including phenoxy) is 1. The van der Waals surface area contributed by atoms with Gasteiger partial charge in [-0.05, 0) is 54.3 Å². The largest absolute Gasteiger partial charge is 0.496 e. The van der Waals surface area contributed by atoms with Gasteiger partial charge in [0.25, 0.3) is 0 Å². The molecular weight excluding hydrogens is 364 g/mol. The molecule has 3 aromatic rings. The summed E-state index contributed by atoms with van der Waals surface area (Å²) in [6.45, 7) is 2.80. The van der Waals surface area contributed by atoms with Gasteiger partial charge in [0, 0.05) is 24.2 Å². The van der Waals surface area contributed by atoms with E-state index in [0.717, 1.165) is 34.8 Å². The number of rotatable bonds is 7. The lowest BCUT2D eigenvalue weighted by Gasteiger charge is -2.11. The first-order chi connectivity index (χ1) is 14.0. The molecule has 148 valence electrons. The lowest BCUT2D eigenvalue weighted by atomic mass is 10.0. The van der Waals surface area contributed by atoms with Crippen LogP contribution in [0.3, 0.4) is 0 Å². The molecule has 0 unspecified atom stereocenters. The summed E-state index contributed by atoms with van der Waals surface area (Å²) in [5.41, 5.74) is 5.41. The number of hydrogen-bond donors (Lipinski definition) is 2. The highest BCUT2D eigenvalue weighted by atomic mass is 16.5. The Morgan fingerprint density at radius 3 is 2.66 bits per heavy atom. The van der Waals surface area contributed by atoms with Crippen LogP contribution >= 0.6 is 0 Å². The van der Waals surface area contributed by atoms with Gasteiger partial charge in [0.05, 0.1) is 13.0 Å². The van der Waals surface area contributed by atoms with E-state index < -0.39 is 5.97 Å². The maximum absolute atomic E-state index is 11.3. The summed E-state index contributed by atoms with van der Waals surface area (Å²) in [5.74, 6) is 0.522. The number of aryl methyl sites for hydroxylation is 1. The van der Waals surface area contributed by atoms with E-state index in [0.29, 0.717) is 6.42 Å². The van der Waals surface area contributed by atoms with Crippen LogP contribution < -0.4 is 10.1 Å². The lowest BCUT2D eigenvalue weighted by Crippen LogP contribution is -2.01. The van der Waals surface area contributed by atoms with Gasteiger partial charge in [0.15, 0.2) is 0 Å². The van der Waals surface area contributed by atoms with Crippen LogP contribution in [-0.4, -0.2) is 23.2 Å². The minimum Gasteiger partial charge on any atom is -0.496 e. The van der Waals surface area contributed by atoms with Crippen molar-refractivity contribution in [3.8, 4) is 16.9 Å². The van der Waals surface area contributed by atoms with Crippen molar-refractivity contribution < 1.29 is 14.6 Å². The first-order valence-corrected chi connectivity index (χ1v) is 9.71. The van der Waals surface area contributed by atoms with Crippen molar-refractivity contribution in [2.24, 2.45) is 5.92 Å². The van der Waals surface area contributed by atoms with Crippen molar-refractivity contribution in [1.29, 1.82) is 0 Å². The summed E-state index contributed by atoms with van der Waals surface area (Å²) in [6, 6.07) is 18.3. The fourth-order valence-corrected chi connectivity index (χ4v) is 3.70. The number of carbonyl (C=O) groups is 1. The van der Waals surface area contributed by atoms with Gasteiger partial charge in [-0.3, -0.25) is 4.79 Å². The molecule has 2 atom stereocenters. The molecule has 5 heteroatoms. The molecule has 1 heterocycles. The summed E-state index contributed by atoms with van der Waals surface area (Å²) in [5, 5.41) is 12.6. The molecule has 2 aromatic carbocycles. The third kappa shape index (κ3) is 4.24. The average molecular weight is 388 g/mol. The number of anilines is 1. The van der Waals surface area contributed by atoms with E-state index in [2.05, 4.69) is 41.5 Å². The standard InChI is InChI=1S/C24H24N2O3/c1-15-4-3-5-16(10-15)13-25-23-9-7-18(14-26-23)17-6-8-22(29-2)20(11-17)19-12-21(19)24(27)28/h3-11,14,19,21H,12-13H2,1-2H3,(H,25,26)(H,27,28)/t19-,21+/m1/s1. The van der Waals surface area contributed by atoms with E-state index in [1.807, 2.05) is 36.5 Å². The predicted molar refractivity (Wildman–Crippen MR) is 113 cm³/mol. The summed E-state index contributed by atoms with van der Waals surface area (Å²) < 4.78 is 5.45. The third-order valence-corrected chi connectivity index (χ3v) is 5.39. The number of benzene rings is 2. The van der Waals surface area contributed by atoms with E-state index in [4.69, 9.17) is 4.74 Å². The zero-order chi connectivity index (χ0) is 20.4. The van der Waals surface area contributed by atoms with E-state index in [1.54, 1.807) is 7.11 Å². The number of methoxy groups -OCH3 is 1. The Bertz CT molecular complexity index is 1030. The molecule has 1 aliphatic carbocycles. The highest BCUT2D eigenvalue weighted by Crippen LogP contribution is 2.51. The monoisotopic (exact) mass is 388 g/mol. The van der Waals surface area contributed by atoms with Gasteiger partial charge in [-0.1, -0.05) is 35.9 Å². The van der Waals surface area contributed by atoms with Crippen LogP contribution in [0, 0.1) is 12.8 Å². The van der Waals surface area contributed by atoms with Crippen molar-refractivity contribution in [3.05, 3.63) is 77.5 Å².